The molecule has 0 bridgehead atoms. The Balaban J connectivity index is 0.00000180. The molecule has 19 heavy (non-hydrogen) atoms. The fourth-order valence-corrected chi connectivity index (χ4v) is 2.81. The van der Waals surface area contributed by atoms with Gasteiger partial charge in [-0.2, -0.15) is 13.2 Å². The number of halogens is 4. The molecule has 0 spiro atoms. The molecular formula is C12H23ClF3N3. The van der Waals surface area contributed by atoms with Crippen LogP contribution in [0.2, 0.25) is 0 Å². The molecule has 0 saturated carbocycles. The Labute approximate surface area is 118 Å². The highest BCUT2D eigenvalue weighted by atomic mass is 35.5. The van der Waals surface area contributed by atoms with Crippen molar-refractivity contribution in [2.45, 2.75) is 19.0 Å². The summed E-state index contributed by atoms with van der Waals surface area (Å²) in [5.41, 5.74) is 0. The average molecular weight is 302 g/mol. The molecule has 0 unspecified atom stereocenters. The maximum Gasteiger partial charge on any atom is 0.401 e. The van der Waals surface area contributed by atoms with Gasteiger partial charge in [-0.1, -0.05) is 0 Å². The number of nitrogens with zero attached hydrogens (tertiary/aromatic N) is 2. The van der Waals surface area contributed by atoms with Gasteiger partial charge in [0.05, 0.1) is 6.54 Å². The van der Waals surface area contributed by atoms with Crippen molar-refractivity contribution < 1.29 is 13.2 Å². The molecule has 0 aromatic rings. The number of piperidine rings is 1. The molecule has 0 aliphatic carbocycles. The molecule has 7 heteroatoms. The quantitative estimate of drug-likeness (QED) is 0.854. The highest BCUT2D eigenvalue weighted by molar-refractivity contribution is 5.85. The van der Waals surface area contributed by atoms with Gasteiger partial charge in [0.15, 0.2) is 0 Å². The lowest BCUT2D eigenvalue weighted by Gasteiger charge is -2.37. The van der Waals surface area contributed by atoms with Gasteiger partial charge in [0.25, 0.3) is 0 Å². The maximum absolute atomic E-state index is 12.2. The first-order chi connectivity index (χ1) is 8.53. The standard InChI is InChI=1S/C12H22F3N3.ClH/c13-12(14,15)10-18-7-5-17(6-8-18)9-11-1-3-16-4-2-11;/h11,16H,1-10H2;1H. The van der Waals surface area contributed by atoms with Gasteiger partial charge < -0.3 is 10.2 Å². The van der Waals surface area contributed by atoms with Crippen molar-refractivity contribution in [1.29, 1.82) is 0 Å². The van der Waals surface area contributed by atoms with E-state index in [0.717, 1.165) is 38.6 Å². The molecule has 2 saturated heterocycles. The van der Waals surface area contributed by atoms with E-state index >= 15 is 0 Å². The molecule has 0 aromatic carbocycles. The Morgan fingerprint density at radius 2 is 1.47 bits per heavy atom. The SMILES string of the molecule is Cl.FC(F)(F)CN1CCN(CC2CCNCC2)CC1. The number of piperazine rings is 1. The zero-order chi connectivity index (χ0) is 13.0. The van der Waals surface area contributed by atoms with Gasteiger partial charge >= 0.3 is 6.18 Å². The van der Waals surface area contributed by atoms with Crippen LogP contribution in [-0.2, 0) is 0 Å². The van der Waals surface area contributed by atoms with Crippen LogP contribution >= 0.6 is 12.4 Å². The van der Waals surface area contributed by atoms with Crippen LogP contribution < -0.4 is 5.32 Å². The highest BCUT2D eigenvalue weighted by Crippen LogP contribution is 2.19. The minimum atomic E-state index is -4.06. The van der Waals surface area contributed by atoms with Gasteiger partial charge in [-0.05, 0) is 31.8 Å². The first-order valence-electron chi connectivity index (χ1n) is 6.75. The van der Waals surface area contributed by atoms with Crippen molar-refractivity contribution in [3.05, 3.63) is 0 Å². The minimum Gasteiger partial charge on any atom is -0.317 e. The second kappa shape index (κ2) is 7.67. The number of nitrogens with one attached hydrogen (secondary N) is 1. The van der Waals surface area contributed by atoms with Crippen molar-refractivity contribution >= 4 is 12.4 Å². The van der Waals surface area contributed by atoms with Gasteiger partial charge in [0.2, 0.25) is 0 Å². The minimum absolute atomic E-state index is 0. The van der Waals surface area contributed by atoms with Crippen LogP contribution in [-0.4, -0.2) is 68.3 Å². The van der Waals surface area contributed by atoms with Crippen molar-refractivity contribution in [2.75, 3.05) is 52.4 Å². The van der Waals surface area contributed by atoms with Gasteiger partial charge in [0, 0.05) is 32.7 Å². The van der Waals surface area contributed by atoms with Gasteiger partial charge in [0.1, 0.15) is 0 Å². The smallest absolute Gasteiger partial charge is 0.317 e. The Morgan fingerprint density at radius 1 is 0.947 bits per heavy atom. The Morgan fingerprint density at radius 3 is 2.00 bits per heavy atom. The molecule has 2 aliphatic heterocycles. The van der Waals surface area contributed by atoms with E-state index in [1.54, 1.807) is 0 Å². The summed E-state index contributed by atoms with van der Waals surface area (Å²) in [6, 6.07) is 0. The third-order valence-electron chi connectivity index (χ3n) is 3.84. The second-order valence-corrected chi connectivity index (χ2v) is 5.39. The maximum atomic E-state index is 12.2. The van der Waals surface area contributed by atoms with Crippen LogP contribution in [0.1, 0.15) is 12.8 Å². The lowest BCUT2D eigenvalue weighted by atomic mass is 9.97. The summed E-state index contributed by atoms with van der Waals surface area (Å²) < 4.78 is 36.7. The number of hydrogen-bond donors (Lipinski definition) is 1. The van der Waals surface area contributed by atoms with Gasteiger partial charge in [-0.3, -0.25) is 4.90 Å². The van der Waals surface area contributed by atoms with Crippen LogP contribution in [0, 0.1) is 5.92 Å². The van der Waals surface area contributed by atoms with Crippen LogP contribution in [0.5, 0.6) is 0 Å². The first kappa shape index (κ1) is 17.0. The summed E-state index contributed by atoms with van der Waals surface area (Å²) in [6.45, 7) is 5.11. The molecule has 2 rings (SSSR count). The molecule has 3 nitrogen and oxygen atoms in total. The van der Waals surface area contributed by atoms with Crippen LogP contribution in [0.4, 0.5) is 13.2 Å². The van der Waals surface area contributed by atoms with Gasteiger partial charge in [-0.25, -0.2) is 0 Å². The summed E-state index contributed by atoms with van der Waals surface area (Å²) >= 11 is 0. The second-order valence-electron chi connectivity index (χ2n) is 5.39. The van der Waals surface area contributed by atoms with E-state index < -0.39 is 12.7 Å². The molecule has 1 N–H and O–H groups in total. The lowest BCUT2D eigenvalue weighted by Crippen LogP contribution is -2.50. The van der Waals surface area contributed by atoms with Gasteiger partial charge in [-0.15, -0.1) is 12.4 Å². The van der Waals surface area contributed by atoms with E-state index in [0.29, 0.717) is 13.1 Å². The average Bonchev–Trinajstić information content (AvgIpc) is 2.31. The summed E-state index contributed by atoms with van der Waals surface area (Å²) in [5.74, 6) is 0.723. The highest BCUT2D eigenvalue weighted by Gasteiger charge is 2.32. The van der Waals surface area contributed by atoms with Crippen LogP contribution in [0.25, 0.3) is 0 Å². The van der Waals surface area contributed by atoms with E-state index in [4.69, 9.17) is 0 Å². The fraction of sp³-hybridized carbons (Fsp3) is 1.00. The van der Waals surface area contributed by atoms with E-state index in [9.17, 15) is 13.2 Å². The topological polar surface area (TPSA) is 18.5 Å². The van der Waals surface area contributed by atoms with E-state index in [2.05, 4.69) is 10.2 Å². The molecule has 0 radical (unpaired) electrons. The lowest BCUT2D eigenvalue weighted by molar-refractivity contribution is -0.149. The number of hydrogen-bond acceptors (Lipinski definition) is 3. The normalized spacial score (nSPS) is 24.2. The first-order valence-corrected chi connectivity index (χ1v) is 6.75. The Kier molecular flexibility index (Phi) is 6.86. The van der Waals surface area contributed by atoms with Crippen molar-refractivity contribution in [3.8, 4) is 0 Å². The molecule has 0 amide bonds. The summed E-state index contributed by atoms with van der Waals surface area (Å²) in [6.07, 6.45) is -1.66. The molecule has 114 valence electrons. The predicted molar refractivity (Wildman–Crippen MR) is 71.8 cm³/mol. The zero-order valence-electron chi connectivity index (χ0n) is 11.1. The summed E-state index contributed by atoms with van der Waals surface area (Å²) in [5, 5.41) is 3.33. The van der Waals surface area contributed by atoms with E-state index in [-0.39, 0.29) is 12.4 Å². The van der Waals surface area contributed by atoms with Crippen LogP contribution in [0.15, 0.2) is 0 Å². The number of alkyl halides is 3. The van der Waals surface area contributed by atoms with Crippen molar-refractivity contribution in [2.24, 2.45) is 5.92 Å². The third kappa shape index (κ3) is 6.29. The monoisotopic (exact) mass is 301 g/mol. The zero-order valence-corrected chi connectivity index (χ0v) is 11.9. The van der Waals surface area contributed by atoms with E-state index in [1.165, 1.54) is 17.7 Å². The predicted octanol–water partition coefficient (Wildman–Crippen LogP) is 1.59. The van der Waals surface area contributed by atoms with Crippen LogP contribution in [0.3, 0.4) is 0 Å². The third-order valence-corrected chi connectivity index (χ3v) is 3.84. The summed E-state index contributed by atoms with van der Waals surface area (Å²) in [4.78, 5) is 3.84. The molecule has 0 atom stereocenters. The molecule has 2 aliphatic rings. The fourth-order valence-electron chi connectivity index (χ4n) is 2.81. The number of rotatable bonds is 3. The molecule has 2 heterocycles. The largest absolute Gasteiger partial charge is 0.401 e. The Hall–Kier alpha value is -0.0400. The van der Waals surface area contributed by atoms with E-state index in [1.807, 2.05) is 0 Å². The Bertz CT molecular complexity index is 249. The van der Waals surface area contributed by atoms with Crippen molar-refractivity contribution in [3.63, 3.8) is 0 Å². The van der Waals surface area contributed by atoms with Crippen molar-refractivity contribution in [1.82, 2.24) is 15.1 Å². The molecule has 0 aromatic heterocycles. The molecule has 2 fully saturated rings. The molecular weight excluding hydrogens is 279 g/mol. The summed E-state index contributed by atoms with van der Waals surface area (Å²) in [7, 11) is 0.